The summed E-state index contributed by atoms with van der Waals surface area (Å²) in [5.41, 5.74) is 4.03. The maximum absolute atomic E-state index is 12.7. The molecule has 0 heterocycles. The normalized spacial score (nSPS) is 13.4. The number of benzene rings is 3. The molecule has 3 heteroatoms. The van der Waals surface area contributed by atoms with Gasteiger partial charge >= 0.3 is 0 Å². The maximum atomic E-state index is 12.7. The van der Waals surface area contributed by atoms with Crippen LogP contribution in [0, 0.1) is 0 Å². The highest BCUT2D eigenvalue weighted by Crippen LogP contribution is 2.19. The fraction of sp³-hybridized carbons (Fsp3) is 0.160. The molecule has 0 unspecified atom stereocenters. The topological polar surface area (TPSA) is 41.1 Å². The van der Waals surface area contributed by atoms with E-state index in [2.05, 4.69) is 29.7 Å². The molecule has 142 valence electrons. The molecule has 3 nitrogen and oxygen atoms in total. The molecule has 2 atom stereocenters. The second-order valence-corrected chi connectivity index (χ2v) is 6.84. The van der Waals surface area contributed by atoms with Crippen LogP contribution in [0.2, 0.25) is 0 Å². The Morgan fingerprint density at radius 2 is 1.11 bits per heavy atom. The zero-order valence-corrected chi connectivity index (χ0v) is 16.3. The van der Waals surface area contributed by atoms with Crippen molar-refractivity contribution in [2.75, 3.05) is 0 Å². The molecular formula is C25H26N2O. The molecule has 0 aliphatic carbocycles. The third-order valence-electron chi connectivity index (χ3n) is 4.69. The molecule has 2 N–H and O–H groups in total. The van der Waals surface area contributed by atoms with Crippen LogP contribution < -0.4 is 10.6 Å². The highest BCUT2D eigenvalue weighted by atomic mass is 16.1. The first-order valence-corrected chi connectivity index (χ1v) is 9.57. The lowest BCUT2D eigenvalue weighted by Crippen LogP contribution is -2.26. The Kier molecular flexibility index (Phi) is 6.64. The highest BCUT2D eigenvalue weighted by Gasteiger charge is 2.12. The standard InChI is InChI=1S/C25H26N2O/c1-19(21-12-6-3-7-13-21)26-24(23-16-10-5-11-17-23)18-25(28)27-20(2)22-14-8-4-9-15-22/h3-20,26H,1-2H3,(H,27,28)/b24-18+/t19-,20-/m0/s1. The van der Waals surface area contributed by atoms with Crippen molar-refractivity contribution in [3.05, 3.63) is 114 Å². The number of carbonyl (C=O) groups excluding carboxylic acids is 1. The van der Waals surface area contributed by atoms with Gasteiger partial charge in [0.25, 0.3) is 0 Å². The Bertz CT molecular complexity index is 905. The summed E-state index contributed by atoms with van der Waals surface area (Å²) in [6.07, 6.45) is 1.65. The molecular weight excluding hydrogens is 344 g/mol. The van der Waals surface area contributed by atoms with Gasteiger partial charge in [0.05, 0.1) is 6.04 Å². The Labute approximate surface area is 167 Å². The SMILES string of the molecule is C[C@H](NC(=O)/C=C(/N[C@@H](C)c1ccccc1)c1ccccc1)c1ccccc1. The predicted octanol–water partition coefficient (Wildman–Crippen LogP) is 5.26. The largest absolute Gasteiger partial charge is 0.378 e. The van der Waals surface area contributed by atoms with E-state index in [4.69, 9.17) is 0 Å². The third-order valence-corrected chi connectivity index (χ3v) is 4.69. The average Bonchev–Trinajstić information content (AvgIpc) is 2.75. The lowest BCUT2D eigenvalue weighted by molar-refractivity contribution is -0.117. The van der Waals surface area contributed by atoms with Crippen LogP contribution in [0.15, 0.2) is 97.1 Å². The Morgan fingerprint density at radius 1 is 0.679 bits per heavy atom. The minimum Gasteiger partial charge on any atom is -0.378 e. The van der Waals surface area contributed by atoms with E-state index >= 15 is 0 Å². The third kappa shape index (κ3) is 5.34. The van der Waals surface area contributed by atoms with Crippen LogP contribution in [0.5, 0.6) is 0 Å². The molecule has 0 aromatic heterocycles. The molecule has 3 aromatic rings. The van der Waals surface area contributed by atoms with Crippen molar-refractivity contribution in [3.63, 3.8) is 0 Å². The number of hydrogen-bond donors (Lipinski definition) is 2. The summed E-state index contributed by atoms with van der Waals surface area (Å²) >= 11 is 0. The van der Waals surface area contributed by atoms with Gasteiger partial charge < -0.3 is 10.6 Å². The van der Waals surface area contributed by atoms with Crippen molar-refractivity contribution in [2.24, 2.45) is 0 Å². The zero-order chi connectivity index (χ0) is 19.8. The van der Waals surface area contributed by atoms with Crippen molar-refractivity contribution < 1.29 is 4.79 Å². The Morgan fingerprint density at radius 3 is 1.61 bits per heavy atom. The quantitative estimate of drug-likeness (QED) is 0.557. The number of rotatable bonds is 7. The van der Waals surface area contributed by atoms with Crippen LogP contribution in [0.3, 0.4) is 0 Å². The monoisotopic (exact) mass is 370 g/mol. The summed E-state index contributed by atoms with van der Waals surface area (Å²) in [7, 11) is 0. The molecule has 3 aromatic carbocycles. The Hall–Kier alpha value is -3.33. The summed E-state index contributed by atoms with van der Waals surface area (Å²) in [4.78, 5) is 12.7. The van der Waals surface area contributed by atoms with Gasteiger partial charge in [-0.15, -0.1) is 0 Å². The van der Waals surface area contributed by atoms with Crippen molar-refractivity contribution >= 4 is 11.6 Å². The lowest BCUT2D eigenvalue weighted by Gasteiger charge is -2.19. The number of hydrogen-bond acceptors (Lipinski definition) is 2. The molecule has 3 rings (SSSR count). The van der Waals surface area contributed by atoms with Gasteiger partial charge in [-0.05, 0) is 30.5 Å². The van der Waals surface area contributed by atoms with Crippen molar-refractivity contribution in [3.8, 4) is 0 Å². The smallest absolute Gasteiger partial charge is 0.246 e. The van der Waals surface area contributed by atoms with E-state index in [-0.39, 0.29) is 18.0 Å². The van der Waals surface area contributed by atoms with Gasteiger partial charge in [-0.25, -0.2) is 0 Å². The van der Waals surface area contributed by atoms with Crippen molar-refractivity contribution in [2.45, 2.75) is 25.9 Å². The van der Waals surface area contributed by atoms with E-state index in [1.807, 2.05) is 85.8 Å². The summed E-state index contributed by atoms with van der Waals surface area (Å²) in [6, 6.07) is 30.1. The van der Waals surface area contributed by atoms with Crippen LogP contribution in [0.25, 0.3) is 5.70 Å². The van der Waals surface area contributed by atoms with Crippen LogP contribution in [-0.2, 0) is 4.79 Å². The van der Waals surface area contributed by atoms with Crippen LogP contribution in [0.4, 0.5) is 0 Å². The molecule has 0 fully saturated rings. The van der Waals surface area contributed by atoms with E-state index in [1.54, 1.807) is 6.08 Å². The molecule has 0 bridgehead atoms. The van der Waals surface area contributed by atoms with E-state index in [0.29, 0.717) is 0 Å². The van der Waals surface area contributed by atoms with Gasteiger partial charge in [-0.2, -0.15) is 0 Å². The van der Waals surface area contributed by atoms with Gasteiger partial charge in [0, 0.05) is 17.8 Å². The summed E-state index contributed by atoms with van der Waals surface area (Å²) in [5.74, 6) is -0.122. The van der Waals surface area contributed by atoms with E-state index in [0.717, 1.165) is 16.8 Å². The molecule has 0 aliphatic rings. The van der Waals surface area contributed by atoms with Crippen molar-refractivity contribution in [1.29, 1.82) is 0 Å². The zero-order valence-electron chi connectivity index (χ0n) is 16.3. The summed E-state index contributed by atoms with van der Waals surface area (Å²) in [5, 5.41) is 6.55. The average molecular weight is 370 g/mol. The van der Waals surface area contributed by atoms with Gasteiger partial charge in [0.1, 0.15) is 0 Å². The molecule has 0 saturated carbocycles. The minimum atomic E-state index is -0.122. The molecule has 0 radical (unpaired) electrons. The summed E-state index contributed by atoms with van der Waals surface area (Å²) in [6.45, 7) is 4.08. The van der Waals surface area contributed by atoms with Crippen LogP contribution >= 0.6 is 0 Å². The molecule has 28 heavy (non-hydrogen) atoms. The first-order valence-electron chi connectivity index (χ1n) is 9.57. The number of amides is 1. The number of carbonyl (C=O) groups is 1. The predicted molar refractivity (Wildman–Crippen MR) is 115 cm³/mol. The van der Waals surface area contributed by atoms with Crippen LogP contribution in [0.1, 0.15) is 42.6 Å². The van der Waals surface area contributed by atoms with Gasteiger partial charge in [0.2, 0.25) is 5.91 Å². The second-order valence-electron chi connectivity index (χ2n) is 6.84. The van der Waals surface area contributed by atoms with E-state index in [9.17, 15) is 4.79 Å². The maximum Gasteiger partial charge on any atom is 0.246 e. The van der Waals surface area contributed by atoms with Crippen LogP contribution in [-0.4, -0.2) is 5.91 Å². The highest BCUT2D eigenvalue weighted by molar-refractivity contribution is 5.95. The first kappa shape index (κ1) is 19.4. The first-order chi connectivity index (χ1) is 13.6. The van der Waals surface area contributed by atoms with E-state index in [1.165, 1.54) is 5.56 Å². The van der Waals surface area contributed by atoms with Gasteiger partial charge in [0.15, 0.2) is 0 Å². The van der Waals surface area contributed by atoms with Crippen molar-refractivity contribution in [1.82, 2.24) is 10.6 Å². The minimum absolute atomic E-state index is 0.0616. The molecule has 0 aliphatic heterocycles. The lowest BCUT2D eigenvalue weighted by atomic mass is 10.1. The summed E-state index contributed by atoms with van der Waals surface area (Å²) < 4.78 is 0. The van der Waals surface area contributed by atoms with Gasteiger partial charge in [-0.3, -0.25) is 4.79 Å². The fourth-order valence-corrected chi connectivity index (χ4v) is 3.10. The fourth-order valence-electron chi connectivity index (χ4n) is 3.10. The molecule has 0 saturated heterocycles. The van der Waals surface area contributed by atoms with E-state index < -0.39 is 0 Å². The molecule has 1 amide bonds. The molecule has 0 spiro atoms. The number of nitrogens with one attached hydrogen (secondary N) is 2. The van der Waals surface area contributed by atoms with Gasteiger partial charge in [-0.1, -0.05) is 91.0 Å². The Balaban J connectivity index is 1.79. The second kappa shape index (κ2) is 9.56.